The first-order chi connectivity index (χ1) is 15.3. The number of hydrogen-bond acceptors (Lipinski definition) is 5. The molecule has 0 bridgehead atoms. The summed E-state index contributed by atoms with van der Waals surface area (Å²) in [6.45, 7) is 5.94. The van der Waals surface area contributed by atoms with Crippen molar-refractivity contribution in [3.63, 3.8) is 0 Å². The molecule has 3 heterocycles. The zero-order valence-corrected chi connectivity index (χ0v) is 18.8. The van der Waals surface area contributed by atoms with E-state index in [1.807, 2.05) is 38.4 Å². The van der Waals surface area contributed by atoms with Gasteiger partial charge in [0, 0.05) is 46.5 Å². The number of rotatable bonds is 4. The van der Waals surface area contributed by atoms with Gasteiger partial charge >= 0.3 is 0 Å². The van der Waals surface area contributed by atoms with Crippen LogP contribution in [0.3, 0.4) is 0 Å². The number of aryl methyl sites for hydroxylation is 1. The van der Waals surface area contributed by atoms with Crippen molar-refractivity contribution in [3.8, 4) is 11.1 Å². The maximum atomic E-state index is 16.1. The molecule has 0 fully saturated rings. The van der Waals surface area contributed by atoms with Crippen LogP contribution < -0.4 is 10.6 Å². The summed E-state index contributed by atoms with van der Waals surface area (Å²) in [6, 6.07) is 6.01. The zero-order valence-electron chi connectivity index (χ0n) is 18.0. The first-order valence-electron chi connectivity index (χ1n) is 10.4. The average molecular weight is 455 g/mol. The predicted molar refractivity (Wildman–Crippen MR) is 124 cm³/mol. The number of benzene rings is 2. The number of para-hydroxylation sites is 1. The fourth-order valence-electron chi connectivity index (χ4n) is 4.54. The Hall–Kier alpha value is -2.81. The summed E-state index contributed by atoms with van der Waals surface area (Å²) >= 11 is 1.48. The van der Waals surface area contributed by atoms with Gasteiger partial charge in [0.2, 0.25) is 0 Å². The number of aromatic nitrogens is 2. The molecule has 0 spiro atoms. The summed E-state index contributed by atoms with van der Waals surface area (Å²) < 4.78 is 31.5. The predicted octanol–water partition coefficient (Wildman–Crippen LogP) is 5.27. The van der Waals surface area contributed by atoms with E-state index in [0.29, 0.717) is 23.3 Å². The molecule has 166 valence electrons. The second-order valence-electron chi connectivity index (χ2n) is 8.78. The fraction of sp³-hybridized carbons (Fsp3) is 0.292. The molecule has 0 amide bonds. The molecular formula is C24H24F2N4OS. The molecule has 4 N–H and O–H groups in total. The van der Waals surface area contributed by atoms with Crippen LogP contribution >= 0.6 is 11.3 Å². The topological polar surface area (TPSA) is 73.0 Å². The number of aliphatic hydroxyl groups excluding tert-OH is 1. The normalized spacial score (nSPS) is 19.7. The largest absolute Gasteiger partial charge is 0.389 e. The second kappa shape index (κ2) is 7.65. The highest BCUT2D eigenvalue weighted by Gasteiger charge is 2.43. The lowest BCUT2D eigenvalue weighted by Crippen LogP contribution is -2.54. The molecule has 2 aromatic carbocycles. The van der Waals surface area contributed by atoms with Gasteiger partial charge in [-0.3, -0.25) is 0 Å². The van der Waals surface area contributed by atoms with E-state index in [4.69, 9.17) is 0 Å². The van der Waals surface area contributed by atoms with E-state index in [2.05, 4.69) is 20.6 Å². The van der Waals surface area contributed by atoms with Crippen LogP contribution in [0, 0.1) is 18.6 Å². The van der Waals surface area contributed by atoms with Crippen molar-refractivity contribution in [2.75, 3.05) is 5.32 Å². The Morgan fingerprint density at radius 3 is 2.84 bits per heavy atom. The zero-order chi connectivity index (χ0) is 22.6. The van der Waals surface area contributed by atoms with Crippen LogP contribution in [-0.4, -0.2) is 26.7 Å². The lowest BCUT2D eigenvalue weighted by atomic mass is 9.81. The molecule has 0 saturated carbocycles. The molecule has 8 heteroatoms. The van der Waals surface area contributed by atoms with Gasteiger partial charge in [-0.05, 0) is 32.4 Å². The van der Waals surface area contributed by atoms with Gasteiger partial charge in [0.25, 0.3) is 0 Å². The molecule has 1 aliphatic heterocycles. The third-order valence-corrected chi connectivity index (χ3v) is 7.01. The minimum atomic E-state index is -0.953. The van der Waals surface area contributed by atoms with Crippen molar-refractivity contribution in [2.24, 2.45) is 0 Å². The molecule has 4 aromatic rings. The third-order valence-electron chi connectivity index (χ3n) is 6.23. The molecule has 0 radical (unpaired) electrons. The standard InChI is InChI=1S/C24H24F2N4OS/c1-12-10-28-21-13(12)5-4-6-14(21)18-15(25)9-16-19(20(18)26)22(23(31)24(2,3)30-16)29-11-17-27-7-8-32-17/h4-10,22-23,28-31H,11H2,1-3H3. The number of halogens is 2. The molecule has 2 unspecified atom stereocenters. The van der Waals surface area contributed by atoms with Crippen LogP contribution in [0.1, 0.15) is 36.0 Å². The number of nitrogens with zero attached hydrogens (tertiary/aromatic N) is 1. The van der Waals surface area contributed by atoms with Crippen LogP contribution in [0.4, 0.5) is 14.5 Å². The number of aromatic amines is 1. The molecule has 2 aromatic heterocycles. The van der Waals surface area contributed by atoms with Crippen molar-refractivity contribution in [3.05, 3.63) is 69.8 Å². The molecular weight excluding hydrogens is 430 g/mol. The van der Waals surface area contributed by atoms with E-state index < -0.39 is 29.3 Å². The third kappa shape index (κ3) is 3.30. The van der Waals surface area contributed by atoms with Crippen molar-refractivity contribution in [2.45, 2.75) is 45.0 Å². The molecule has 0 aliphatic carbocycles. The number of fused-ring (bicyclic) bond motifs is 2. The van der Waals surface area contributed by atoms with E-state index in [-0.39, 0.29) is 11.1 Å². The Balaban J connectivity index is 1.68. The number of aliphatic hydroxyl groups is 1. The number of nitrogens with one attached hydrogen (secondary N) is 3. The molecule has 2 atom stereocenters. The van der Waals surface area contributed by atoms with Crippen molar-refractivity contribution >= 4 is 27.9 Å². The fourth-order valence-corrected chi connectivity index (χ4v) is 5.11. The molecule has 1 aliphatic rings. The SMILES string of the molecule is Cc1c[nH]c2c(-c3c(F)cc4c(c3F)C(NCc3nccs3)C(O)C(C)(C)N4)cccc12. The summed E-state index contributed by atoms with van der Waals surface area (Å²) in [5.74, 6) is -1.34. The van der Waals surface area contributed by atoms with Gasteiger partial charge < -0.3 is 20.7 Å². The van der Waals surface area contributed by atoms with Crippen molar-refractivity contribution < 1.29 is 13.9 Å². The van der Waals surface area contributed by atoms with Gasteiger partial charge in [-0.2, -0.15) is 0 Å². The molecule has 5 nitrogen and oxygen atoms in total. The lowest BCUT2D eigenvalue weighted by Gasteiger charge is -2.44. The molecule has 0 saturated heterocycles. The van der Waals surface area contributed by atoms with E-state index in [1.54, 1.807) is 18.3 Å². The summed E-state index contributed by atoms with van der Waals surface area (Å²) in [5.41, 5.74) is 1.81. The number of hydrogen-bond donors (Lipinski definition) is 4. The quantitative estimate of drug-likeness (QED) is 0.339. The van der Waals surface area contributed by atoms with Gasteiger partial charge in [0.1, 0.15) is 16.6 Å². The summed E-state index contributed by atoms with van der Waals surface area (Å²) in [4.78, 5) is 7.40. The minimum absolute atomic E-state index is 0.106. The van der Waals surface area contributed by atoms with E-state index in [1.165, 1.54) is 17.4 Å². The van der Waals surface area contributed by atoms with E-state index >= 15 is 8.78 Å². The number of anilines is 1. The van der Waals surface area contributed by atoms with Crippen LogP contribution in [-0.2, 0) is 6.54 Å². The summed E-state index contributed by atoms with van der Waals surface area (Å²) in [6.07, 6.45) is 2.58. The van der Waals surface area contributed by atoms with Crippen LogP contribution in [0.5, 0.6) is 0 Å². The number of H-pyrrole nitrogens is 1. The average Bonchev–Trinajstić information content (AvgIpc) is 3.39. The van der Waals surface area contributed by atoms with E-state index in [0.717, 1.165) is 16.0 Å². The minimum Gasteiger partial charge on any atom is -0.389 e. The molecule has 5 rings (SSSR count). The second-order valence-corrected chi connectivity index (χ2v) is 9.76. The first-order valence-corrected chi connectivity index (χ1v) is 11.3. The molecule has 32 heavy (non-hydrogen) atoms. The Morgan fingerprint density at radius 1 is 1.28 bits per heavy atom. The van der Waals surface area contributed by atoms with Crippen LogP contribution in [0.25, 0.3) is 22.0 Å². The summed E-state index contributed by atoms with van der Waals surface area (Å²) in [5, 5.41) is 21.1. The van der Waals surface area contributed by atoms with Gasteiger partial charge in [0.05, 0.1) is 28.8 Å². The Kier molecular flexibility index (Phi) is 5.03. The van der Waals surface area contributed by atoms with E-state index in [9.17, 15) is 5.11 Å². The lowest BCUT2D eigenvalue weighted by molar-refractivity contribution is 0.0663. The van der Waals surface area contributed by atoms with Crippen LogP contribution in [0.2, 0.25) is 0 Å². The highest BCUT2D eigenvalue weighted by atomic mass is 32.1. The highest BCUT2D eigenvalue weighted by molar-refractivity contribution is 7.09. The van der Waals surface area contributed by atoms with Gasteiger partial charge in [-0.15, -0.1) is 11.3 Å². The Bertz CT molecular complexity index is 1300. The van der Waals surface area contributed by atoms with Crippen molar-refractivity contribution in [1.82, 2.24) is 15.3 Å². The van der Waals surface area contributed by atoms with Gasteiger partial charge in [0.15, 0.2) is 0 Å². The number of thiazole rings is 1. The Morgan fingerprint density at radius 2 is 2.09 bits per heavy atom. The van der Waals surface area contributed by atoms with Crippen molar-refractivity contribution in [1.29, 1.82) is 0 Å². The Labute approximate surface area is 188 Å². The summed E-state index contributed by atoms with van der Waals surface area (Å²) in [7, 11) is 0. The maximum Gasteiger partial charge on any atom is 0.140 e. The van der Waals surface area contributed by atoms with Gasteiger partial charge in [-0.25, -0.2) is 13.8 Å². The smallest absolute Gasteiger partial charge is 0.140 e. The monoisotopic (exact) mass is 454 g/mol. The highest BCUT2D eigenvalue weighted by Crippen LogP contribution is 2.44. The first kappa shape index (κ1) is 21.1. The maximum absolute atomic E-state index is 16.1. The van der Waals surface area contributed by atoms with Gasteiger partial charge in [-0.1, -0.05) is 18.2 Å². The van der Waals surface area contributed by atoms with Crippen LogP contribution in [0.15, 0.2) is 42.0 Å².